The van der Waals surface area contributed by atoms with Crippen LogP contribution >= 0.6 is 11.3 Å². The second-order valence-corrected chi connectivity index (χ2v) is 7.72. The van der Waals surface area contributed by atoms with E-state index >= 15 is 0 Å². The van der Waals surface area contributed by atoms with Crippen molar-refractivity contribution in [2.75, 3.05) is 20.2 Å². The highest BCUT2D eigenvalue weighted by atomic mass is 32.1. The van der Waals surface area contributed by atoms with Gasteiger partial charge in [0, 0.05) is 24.2 Å². The Balaban J connectivity index is 1.46. The van der Waals surface area contributed by atoms with Crippen molar-refractivity contribution >= 4 is 11.3 Å². The van der Waals surface area contributed by atoms with Gasteiger partial charge in [0.15, 0.2) is 0 Å². The molecule has 1 unspecified atom stereocenters. The van der Waals surface area contributed by atoms with Gasteiger partial charge in [0.05, 0.1) is 5.01 Å². The fourth-order valence-corrected chi connectivity index (χ4v) is 3.66. The molecule has 0 bridgehead atoms. The minimum Gasteiger partial charge on any atom is -0.491 e. The SMILES string of the molecule is Cc1ncc(CN(C)CC(O)COc2ccc(-c3ccccc3)cc2)s1. The van der Waals surface area contributed by atoms with Crippen LogP contribution in [-0.4, -0.2) is 41.3 Å². The molecule has 5 heteroatoms. The van der Waals surface area contributed by atoms with Crippen LogP contribution in [0.5, 0.6) is 5.75 Å². The molecule has 0 spiro atoms. The number of hydrogen-bond donors (Lipinski definition) is 1. The van der Waals surface area contributed by atoms with E-state index in [0.717, 1.165) is 22.9 Å². The molecule has 0 radical (unpaired) electrons. The number of aromatic nitrogens is 1. The van der Waals surface area contributed by atoms with Gasteiger partial charge in [-0.3, -0.25) is 4.90 Å². The number of aliphatic hydroxyl groups excluding tert-OH is 1. The van der Waals surface area contributed by atoms with Crippen molar-refractivity contribution in [3.8, 4) is 16.9 Å². The van der Waals surface area contributed by atoms with Gasteiger partial charge in [-0.1, -0.05) is 42.5 Å². The van der Waals surface area contributed by atoms with E-state index in [2.05, 4.69) is 22.0 Å². The summed E-state index contributed by atoms with van der Waals surface area (Å²) in [6.07, 6.45) is 1.36. The van der Waals surface area contributed by atoms with Gasteiger partial charge in [0.25, 0.3) is 0 Å². The maximum absolute atomic E-state index is 10.2. The number of nitrogens with zero attached hydrogens (tertiary/aromatic N) is 2. The van der Waals surface area contributed by atoms with Gasteiger partial charge in [-0.2, -0.15) is 0 Å². The van der Waals surface area contributed by atoms with Gasteiger partial charge in [-0.15, -0.1) is 11.3 Å². The zero-order valence-electron chi connectivity index (χ0n) is 15.1. The molecular formula is C21H24N2O2S. The van der Waals surface area contributed by atoms with E-state index in [9.17, 15) is 5.11 Å². The lowest BCUT2D eigenvalue weighted by Crippen LogP contribution is -2.32. The van der Waals surface area contributed by atoms with Crippen LogP contribution in [0.25, 0.3) is 11.1 Å². The minimum absolute atomic E-state index is 0.275. The molecule has 4 nitrogen and oxygen atoms in total. The second kappa shape index (κ2) is 8.94. The number of aliphatic hydroxyl groups is 1. The smallest absolute Gasteiger partial charge is 0.119 e. The summed E-state index contributed by atoms with van der Waals surface area (Å²) in [6.45, 7) is 3.62. The Morgan fingerprint density at radius 3 is 2.42 bits per heavy atom. The number of likely N-dealkylation sites (N-methyl/N-ethyl adjacent to an activating group) is 1. The molecule has 0 aliphatic rings. The number of benzene rings is 2. The molecule has 3 rings (SSSR count). The number of aryl methyl sites for hydroxylation is 1. The van der Waals surface area contributed by atoms with Crippen LogP contribution in [0.1, 0.15) is 9.88 Å². The summed E-state index contributed by atoms with van der Waals surface area (Å²) in [7, 11) is 1.99. The minimum atomic E-state index is -0.539. The number of rotatable bonds is 8. The van der Waals surface area contributed by atoms with Gasteiger partial charge >= 0.3 is 0 Å². The third kappa shape index (κ3) is 5.39. The Bertz CT molecular complexity index is 802. The molecule has 3 aromatic rings. The molecular weight excluding hydrogens is 344 g/mol. The van der Waals surface area contributed by atoms with Crippen molar-refractivity contribution in [2.45, 2.75) is 19.6 Å². The normalized spacial score (nSPS) is 12.3. The summed E-state index contributed by atoms with van der Waals surface area (Å²) >= 11 is 1.69. The topological polar surface area (TPSA) is 45.6 Å². The molecule has 0 saturated carbocycles. The second-order valence-electron chi connectivity index (χ2n) is 6.40. The van der Waals surface area contributed by atoms with Crippen molar-refractivity contribution < 1.29 is 9.84 Å². The first-order valence-corrected chi connectivity index (χ1v) is 9.48. The summed E-state index contributed by atoms with van der Waals surface area (Å²) in [5.74, 6) is 0.768. The van der Waals surface area contributed by atoms with E-state index in [1.165, 1.54) is 10.4 Å². The van der Waals surface area contributed by atoms with E-state index in [0.29, 0.717) is 6.54 Å². The van der Waals surface area contributed by atoms with Crippen molar-refractivity contribution in [1.82, 2.24) is 9.88 Å². The molecule has 0 amide bonds. The average molecular weight is 369 g/mol. The third-order valence-electron chi connectivity index (χ3n) is 4.02. The van der Waals surface area contributed by atoms with Crippen LogP contribution in [0, 0.1) is 6.92 Å². The fourth-order valence-electron chi connectivity index (χ4n) is 2.79. The molecule has 0 saturated heterocycles. The fraction of sp³-hybridized carbons (Fsp3) is 0.286. The average Bonchev–Trinajstić information content (AvgIpc) is 3.05. The maximum atomic E-state index is 10.2. The Hall–Kier alpha value is -2.21. The lowest BCUT2D eigenvalue weighted by Gasteiger charge is -2.20. The summed E-state index contributed by atoms with van der Waals surface area (Å²) in [5, 5.41) is 11.3. The number of hydrogen-bond acceptors (Lipinski definition) is 5. The summed E-state index contributed by atoms with van der Waals surface area (Å²) < 4.78 is 5.73. The molecule has 0 fully saturated rings. The van der Waals surface area contributed by atoms with E-state index in [-0.39, 0.29) is 6.61 Å². The molecule has 1 N–H and O–H groups in total. The summed E-state index contributed by atoms with van der Waals surface area (Å²) in [4.78, 5) is 7.54. The van der Waals surface area contributed by atoms with E-state index in [1.807, 2.05) is 62.6 Å². The van der Waals surface area contributed by atoms with Crippen LogP contribution in [-0.2, 0) is 6.54 Å². The predicted octanol–water partition coefficient (Wildman–Crippen LogP) is 3.99. The van der Waals surface area contributed by atoms with Crippen molar-refractivity contribution in [3.05, 3.63) is 70.7 Å². The molecule has 0 aliphatic heterocycles. The first-order chi connectivity index (χ1) is 12.6. The molecule has 2 aromatic carbocycles. The van der Waals surface area contributed by atoms with Crippen molar-refractivity contribution in [3.63, 3.8) is 0 Å². The van der Waals surface area contributed by atoms with Gasteiger partial charge < -0.3 is 9.84 Å². The standard InChI is InChI=1S/C21H24N2O2S/c1-16-22-12-21(26-16)14-23(2)13-19(24)15-25-20-10-8-18(9-11-20)17-6-4-3-5-7-17/h3-12,19,24H,13-15H2,1-2H3. The molecule has 1 aromatic heterocycles. The highest BCUT2D eigenvalue weighted by Gasteiger charge is 2.11. The third-order valence-corrected chi connectivity index (χ3v) is 4.92. The van der Waals surface area contributed by atoms with Crippen LogP contribution in [0.3, 0.4) is 0 Å². The van der Waals surface area contributed by atoms with Crippen molar-refractivity contribution in [1.29, 1.82) is 0 Å². The molecule has 136 valence electrons. The Morgan fingerprint density at radius 2 is 1.77 bits per heavy atom. The number of thiazole rings is 1. The van der Waals surface area contributed by atoms with E-state index < -0.39 is 6.10 Å². The molecule has 1 heterocycles. The zero-order chi connectivity index (χ0) is 18.4. The van der Waals surface area contributed by atoms with Crippen LogP contribution < -0.4 is 4.74 Å². The number of ether oxygens (including phenoxy) is 1. The lowest BCUT2D eigenvalue weighted by molar-refractivity contribution is 0.0746. The maximum Gasteiger partial charge on any atom is 0.119 e. The first-order valence-electron chi connectivity index (χ1n) is 8.66. The summed E-state index contributed by atoms with van der Waals surface area (Å²) in [6, 6.07) is 18.2. The van der Waals surface area contributed by atoms with Crippen LogP contribution in [0.15, 0.2) is 60.8 Å². The highest BCUT2D eigenvalue weighted by molar-refractivity contribution is 7.11. The monoisotopic (exact) mass is 368 g/mol. The van der Waals surface area contributed by atoms with Crippen LogP contribution in [0.4, 0.5) is 0 Å². The first kappa shape index (κ1) is 18.6. The van der Waals surface area contributed by atoms with E-state index in [1.54, 1.807) is 11.3 Å². The Kier molecular flexibility index (Phi) is 6.39. The van der Waals surface area contributed by atoms with Gasteiger partial charge in [-0.05, 0) is 37.2 Å². The summed E-state index contributed by atoms with van der Waals surface area (Å²) in [5.41, 5.74) is 2.33. The highest BCUT2D eigenvalue weighted by Crippen LogP contribution is 2.22. The molecule has 1 atom stereocenters. The largest absolute Gasteiger partial charge is 0.491 e. The van der Waals surface area contributed by atoms with Gasteiger partial charge in [-0.25, -0.2) is 4.98 Å². The Labute approximate surface area is 158 Å². The van der Waals surface area contributed by atoms with Gasteiger partial charge in [0.1, 0.15) is 18.5 Å². The lowest BCUT2D eigenvalue weighted by atomic mass is 10.1. The molecule has 0 aliphatic carbocycles. The van der Waals surface area contributed by atoms with Crippen LogP contribution in [0.2, 0.25) is 0 Å². The van der Waals surface area contributed by atoms with Gasteiger partial charge in [0.2, 0.25) is 0 Å². The predicted molar refractivity (Wildman–Crippen MR) is 107 cm³/mol. The zero-order valence-corrected chi connectivity index (χ0v) is 15.9. The quantitative estimate of drug-likeness (QED) is 0.653. The van der Waals surface area contributed by atoms with E-state index in [4.69, 9.17) is 4.74 Å². The molecule has 26 heavy (non-hydrogen) atoms. The van der Waals surface area contributed by atoms with Crippen molar-refractivity contribution in [2.24, 2.45) is 0 Å². The Morgan fingerprint density at radius 1 is 1.08 bits per heavy atom.